The number of hydrogen-bond donors (Lipinski definition) is 0. The zero-order chi connectivity index (χ0) is 19.1. The van der Waals surface area contributed by atoms with Crippen molar-refractivity contribution < 1.29 is 18.6 Å². The van der Waals surface area contributed by atoms with E-state index >= 15 is 0 Å². The Hall–Kier alpha value is -2.70. The first-order valence-electron chi connectivity index (χ1n) is 9.16. The maximum absolute atomic E-state index is 6.41. The summed E-state index contributed by atoms with van der Waals surface area (Å²) in [5.41, 5.74) is 2.77. The fourth-order valence-electron chi connectivity index (χ4n) is 3.50. The van der Waals surface area contributed by atoms with Gasteiger partial charge in [-0.3, -0.25) is 4.90 Å². The molecule has 0 unspecified atom stereocenters. The van der Waals surface area contributed by atoms with Crippen molar-refractivity contribution in [2.24, 2.45) is 0 Å². The van der Waals surface area contributed by atoms with E-state index in [9.17, 15) is 0 Å². The minimum Gasteiger partial charge on any atom is -0.492 e. The third-order valence-electron chi connectivity index (χ3n) is 4.99. The highest BCUT2D eigenvalue weighted by Crippen LogP contribution is 2.41. The molecule has 144 valence electrons. The van der Waals surface area contributed by atoms with Crippen LogP contribution in [0.2, 0.25) is 5.02 Å². The van der Waals surface area contributed by atoms with Crippen molar-refractivity contribution in [1.82, 2.24) is 9.88 Å². The molecule has 2 aliphatic heterocycles. The highest BCUT2D eigenvalue weighted by molar-refractivity contribution is 6.33. The first-order valence-corrected chi connectivity index (χ1v) is 9.54. The molecule has 2 aromatic carbocycles. The number of fused-ring (bicyclic) bond motifs is 2. The first-order chi connectivity index (χ1) is 13.7. The van der Waals surface area contributed by atoms with Gasteiger partial charge >= 0.3 is 0 Å². The fourth-order valence-corrected chi connectivity index (χ4v) is 3.73. The van der Waals surface area contributed by atoms with Gasteiger partial charge in [0.15, 0.2) is 11.5 Å². The molecule has 6 nitrogen and oxygen atoms in total. The van der Waals surface area contributed by atoms with Crippen LogP contribution >= 0.6 is 11.6 Å². The van der Waals surface area contributed by atoms with Crippen molar-refractivity contribution in [3.8, 4) is 28.7 Å². The highest BCUT2D eigenvalue weighted by atomic mass is 35.5. The van der Waals surface area contributed by atoms with Crippen molar-refractivity contribution in [2.75, 3.05) is 19.9 Å². The summed E-state index contributed by atoms with van der Waals surface area (Å²) < 4.78 is 22.6. The van der Waals surface area contributed by atoms with E-state index in [1.54, 1.807) is 6.07 Å². The summed E-state index contributed by atoms with van der Waals surface area (Å²) in [5, 5.41) is 0.522. The highest BCUT2D eigenvalue weighted by Gasteiger charge is 2.22. The van der Waals surface area contributed by atoms with Crippen LogP contribution in [-0.2, 0) is 13.1 Å². The van der Waals surface area contributed by atoms with Crippen molar-refractivity contribution in [3.63, 3.8) is 0 Å². The van der Waals surface area contributed by atoms with Crippen molar-refractivity contribution >= 4 is 11.6 Å². The van der Waals surface area contributed by atoms with E-state index in [0.29, 0.717) is 41.1 Å². The summed E-state index contributed by atoms with van der Waals surface area (Å²) in [6.45, 7) is 5.08. The van der Waals surface area contributed by atoms with Gasteiger partial charge in [0, 0.05) is 31.3 Å². The molecule has 0 radical (unpaired) electrons. The van der Waals surface area contributed by atoms with Gasteiger partial charge in [0.05, 0.1) is 16.3 Å². The summed E-state index contributed by atoms with van der Waals surface area (Å²) in [6.07, 6.45) is 0. The number of ether oxygens (including phenoxy) is 3. The minimum absolute atomic E-state index is 0.198. The summed E-state index contributed by atoms with van der Waals surface area (Å²) in [7, 11) is 0. The zero-order valence-electron chi connectivity index (χ0n) is 15.4. The third kappa shape index (κ3) is 3.19. The van der Waals surface area contributed by atoms with E-state index in [1.165, 1.54) is 5.56 Å². The van der Waals surface area contributed by atoms with Crippen molar-refractivity contribution in [3.05, 3.63) is 58.4 Å². The summed E-state index contributed by atoms with van der Waals surface area (Å²) in [4.78, 5) is 7.02. The molecule has 0 N–H and O–H groups in total. The lowest BCUT2D eigenvalue weighted by Gasteiger charge is -2.17. The molecule has 2 aliphatic rings. The second-order valence-corrected chi connectivity index (χ2v) is 7.28. The average molecular weight is 399 g/mol. The van der Waals surface area contributed by atoms with Crippen molar-refractivity contribution in [1.29, 1.82) is 0 Å². The maximum atomic E-state index is 6.41. The molecule has 0 saturated carbocycles. The van der Waals surface area contributed by atoms with E-state index in [1.807, 2.05) is 31.2 Å². The summed E-state index contributed by atoms with van der Waals surface area (Å²) in [6, 6.07) is 11.7. The average Bonchev–Trinajstić information content (AvgIpc) is 3.21. The molecular formula is C21H19ClN2O4. The van der Waals surface area contributed by atoms with Gasteiger partial charge in [0.2, 0.25) is 12.7 Å². The Balaban J connectivity index is 1.40. The number of aromatic nitrogens is 1. The fraction of sp³-hybridized carbons (Fsp3) is 0.286. The van der Waals surface area contributed by atoms with Crippen LogP contribution in [0.4, 0.5) is 0 Å². The second-order valence-electron chi connectivity index (χ2n) is 6.87. The Morgan fingerprint density at radius 1 is 1.07 bits per heavy atom. The van der Waals surface area contributed by atoms with Gasteiger partial charge in [-0.25, -0.2) is 4.98 Å². The van der Waals surface area contributed by atoms with Crippen LogP contribution in [0.15, 0.2) is 40.8 Å². The van der Waals surface area contributed by atoms with Gasteiger partial charge in [0.1, 0.15) is 18.1 Å². The Labute approximate surface area is 167 Å². The lowest BCUT2D eigenvalue weighted by atomic mass is 10.2. The molecule has 0 saturated heterocycles. The van der Waals surface area contributed by atoms with Crippen LogP contribution < -0.4 is 14.2 Å². The number of nitrogens with zero attached hydrogens (tertiary/aromatic N) is 2. The van der Waals surface area contributed by atoms with Gasteiger partial charge < -0.3 is 18.6 Å². The number of hydrogen-bond acceptors (Lipinski definition) is 6. The quantitative estimate of drug-likeness (QED) is 0.650. The van der Waals surface area contributed by atoms with Crippen LogP contribution in [0.1, 0.15) is 17.0 Å². The van der Waals surface area contributed by atoms with Gasteiger partial charge in [-0.15, -0.1) is 0 Å². The van der Waals surface area contributed by atoms with Crippen LogP contribution in [0.5, 0.6) is 17.2 Å². The van der Waals surface area contributed by atoms with Gasteiger partial charge in [-0.05, 0) is 19.1 Å². The predicted molar refractivity (Wildman–Crippen MR) is 104 cm³/mol. The lowest BCUT2D eigenvalue weighted by Crippen LogP contribution is -2.25. The molecule has 0 spiro atoms. The van der Waals surface area contributed by atoms with E-state index in [-0.39, 0.29) is 6.79 Å². The number of halogens is 1. The molecule has 3 heterocycles. The van der Waals surface area contributed by atoms with E-state index < -0.39 is 0 Å². The molecule has 5 rings (SSSR count). The number of benzene rings is 2. The Bertz CT molecular complexity index is 1030. The Morgan fingerprint density at radius 3 is 2.79 bits per heavy atom. The molecule has 7 heteroatoms. The van der Waals surface area contributed by atoms with Crippen molar-refractivity contribution in [2.45, 2.75) is 20.0 Å². The van der Waals surface area contributed by atoms with Gasteiger partial charge in [-0.1, -0.05) is 29.8 Å². The largest absolute Gasteiger partial charge is 0.492 e. The number of para-hydroxylation sites is 1. The lowest BCUT2D eigenvalue weighted by molar-refractivity contribution is 0.174. The Morgan fingerprint density at radius 2 is 1.89 bits per heavy atom. The van der Waals surface area contributed by atoms with Gasteiger partial charge in [0.25, 0.3) is 0 Å². The SMILES string of the molecule is Cc1oc(-c2cc3c(cc2Cl)OCO3)nc1CN1CCOc2ccccc2C1. The topological polar surface area (TPSA) is 57.0 Å². The molecule has 0 amide bonds. The molecule has 0 bridgehead atoms. The molecule has 0 atom stereocenters. The summed E-state index contributed by atoms with van der Waals surface area (Å²) >= 11 is 6.41. The van der Waals surface area contributed by atoms with Gasteiger partial charge in [-0.2, -0.15) is 0 Å². The third-order valence-corrected chi connectivity index (χ3v) is 5.30. The van der Waals surface area contributed by atoms with Crippen LogP contribution in [-0.4, -0.2) is 29.8 Å². The standard InChI is InChI=1S/C21H19ClN2O4/c1-13-17(11-24-6-7-25-18-5-3-2-4-14(18)10-24)23-21(28-13)15-8-19-20(9-16(15)22)27-12-26-19/h2-5,8-9H,6-7,10-12H2,1H3. The number of oxazole rings is 1. The van der Waals surface area contributed by atoms with Crippen LogP contribution in [0, 0.1) is 6.92 Å². The molecule has 0 aliphatic carbocycles. The minimum atomic E-state index is 0.198. The monoisotopic (exact) mass is 398 g/mol. The van der Waals surface area contributed by atoms with E-state index in [0.717, 1.165) is 30.3 Å². The van der Waals surface area contributed by atoms with Crippen LogP contribution in [0.3, 0.4) is 0 Å². The summed E-state index contributed by atoms with van der Waals surface area (Å²) in [5.74, 6) is 3.51. The molecule has 3 aromatic rings. The molecule has 0 fully saturated rings. The second kappa shape index (κ2) is 7.04. The zero-order valence-corrected chi connectivity index (χ0v) is 16.2. The normalized spacial score (nSPS) is 15.8. The molecule has 1 aromatic heterocycles. The predicted octanol–water partition coefficient (Wildman–Crippen LogP) is 4.43. The number of aryl methyl sites for hydroxylation is 1. The molecule has 28 heavy (non-hydrogen) atoms. The Kier molecular flexibility index (Phi) is 4.37. The van der Waals surface area contributed by atoms with Crippen LogP contribution in [0.25, 0.3) is 11.5 Å². The molecular weight excluding hydrogens is 380 g/mol. The number of rotatable bonds is 3. The smallest absolute Gasteiger partial charge is 0.231 e. The van der Waals surface area contributed by atoms with E-state index in [2.05, 4.69) is 11.0 Å². The first kappa shape index (κ1) is 17.4. The van der Waals surface area contributed by atoms with E-state index in [4.69, 9.17) is 35.2 Å². The maximum Gasteiger partial charge on any atom is 0.231 e.